The van der Waals surface area contributed by atoms with Crippen LogP contribution in [0.5, 0.6) is 0 Å². The van der Waals surface area contributed by atoms with Crippen molar-refractivity contribution < 1.29 is 0 Å². The van der Waals surface area contributed by atoms with Crippen molar-refractivity contribution in [1.29, 1.82) is 0 Å². The Morgan fingerprint density at radius 3 is 2.54 bits per heavy atom. The largest absolute Gasteiger partial charge is 0.339 e. The van der Waals surface area contributed by atoms with Crippen molar-refractivity contribution in [3.8, 4) is 0 Å². The first-order valence-corrected chi connectivity index (χ1v) is 10.8. The predicted octanol–water partition coefficient (Wildman–Crippen LogP) is 6.82. The van der Waals surface area contributed by atoms with Crippen LogP contribution in [0.1, 0.15) is 28.2 Å². The van der Waals surface area contributed by atoms with Gasteiger partial charge < -0.3 is 5.32 Å². The average Bonchev–Trinajstić information content (AvgIpc) is 3.22. The summed E-state index contributed by atoms with van der Waals surface area (Å²) in [6.45, 7) is 0. The van der Waals surface area contributed by atoms with Crippen LogP contribution >= 0.6 is 34.5 Å². The highest BCUT2D eigenvalue weighted by Gasteiger charge is 2.22. The van der Waals surface area contributed by atoms with Crippen LogP contribution in [0.2, 0.25) is 10.0 Å². The molecule has 1 aliphatic carbocycles. The summed E-state index contributed by atoms with van der Waals surface area (Å²) in [4.78, 5) is 12.3. The molecule has 0 saturated heterocycles. The van der Waals surface area contributed by atoms with Gasteiger partial charge in [0.2, 0.25) is 0 Å². The van der Waals surface area contributed by atoms with Gasteiger partial charge in [0.1, 0.15) is 16.5 Å². The maximum Gasteiger partial charge on any atom is 0.143 e. The molecule has 0 aliphatic heterocycles. The quantitative estimate of drug-likeness (QED) is 0.389. The summed E-state index contributed by atoms with van der Waals surface area (Å²) < 4.78 is 0. The van der Waals surface area contributed by atoms with Crippen molar-refractivity contribution in [2.24, 2.45) is 0 Å². The van der Waals surface area contributed by atoms with Gasteiger partial charge in [-0.1, -0.05) is 53.5 Å². The Morgan fingerprint density at radius 1 is 0.964 bits per heavy atom. The van der Waals surface area contributed by atoms with Gasteiger partial charge in [-0.25, -0.2) is 9.97 Å². The van der Waals surface area contributed by atoms with Gasteiger partial charge >= 0.3 is 0 Å². The summed E-state index contributed by atoms with van der Waals surface area (Å²) in [5.41, 5.74) is 3.42. The van der Waals surface area contributed by atoms with E-state index in [-0.39, 0.29) is 0 Å². The minimum absolute atomic E-state index is 0.598. The van der Waals surface area contributed by atoms with E-state index in [1.807, 2.05) is 30.3 Å². The zero-order valence-corrected chi connectivity index (χ0v) is 17.3. The van der Waals surface area contributed by atoms with E-state index in [2.05, 4.69) is 17.4 Å². The highest BCUT2D eigenvalue weighted by Crippen LogP contribution is 2.40. The Kier molecular flexibility index (Phi) is 4.71. The molecular weight excluding hydrogens is 409 g/mol. The minimum Gasteiger partial charge on any atom is -0.339 e. The molecule has 0 atom stereocenters. The van der Waals surface area contributed by atoms with Gasteiger partial charge in [-0.15, -0.1) is 11.3 Å². The lowest BCUT2D eigenvalue weighted by Crippen LogP contribution is -2.02. The van der Waals surface area contributed by atoms with Crippen LogP contribution in [0.25, 0.3) is 10.2 Å². The number of anilines is 2. The lowest BCUT2D eigenvalue weighted by atomic mass is 10.1. The molecule has 3 nitrogen and oxygen atoms in total. The number of aromatic nitrogens is 2. The van der Waals surface area contributed by atoms with E-state index in [4.69, 9.17) is 33.2 Å². The molecule has 0 amide bonds. The fourth-order valence-corrected chi connectivity index (χ4v) is 5.56. The molecule has 5 rings (SSSR count). The van der Waals surface area contributed by atoms with Gasteiger partial charge in [-0.3, -0.25) is 0 Å². The number of rotatable bonds is 4. The van der Waals surface area contributed by atoms with Crippen molar-refractivity contribution in [1.82, 2.24) is 9.97 Å². The third-order valence-electron chi connectivity index (χ3n) is 4.94. The van der Waals surface area contributed by atoms with Crippen LogP contribution in [-0.2, 0) is 19.3 Å². The molecule has 0 unspecified atom stereocenters. The maximum atomic E-state index is 6.19. The Hall–Kier alpha value is -2.14. The molecule has 2 heterocycles. The molecule has 2 aromatic heterocycles. The molecular formula is C22H17Cl2N3S. The van der Waals surface area contributed by atoms with Crippen molar-refractivity contribution in [3.05, 3.63) is 80.4 Å². The smallest absolute Gasteiger partial charge is 0.143 e. The summed E-state index contributed by atoms with van der Waals surface area (Å²) in [6.07, 6.45) is 4.12. The van der Waals surface area contributed by atoms with E-state index in [9.17, 15) is 0 Å². The monoisotopic (exact) mass is 425 g/mol. The van der Waals surface area contributed by atoms with Crippen LogP contribution in [0.3, 0.4) is 0 Å². The summed E-state index contributed by atoms with van der Waals surface area (Å²) >= 11 is 14.2. The predicted molar refractivity (Wildman–Crippen MR) is 118 cm³/mol. The lowest BCUT2D eigenvalue weighted by molar-refractivity contribution is 0.916. The molecule has 0 saturated carbocycles. The lowest BCUT2D eigenvalue weighted by Gasteiger charge is -2.11. The van der Waals surface area contributed by atoms with E-state index in [0.29, 0.717) is 16.5 Å². The number of hydrogen-bond donors (Lipinski definition) is 1. The normalized spacial score (nSPS) is 13.1. The maximum absolute atomic E-state index is 6.19. The third kappa shape index (κ3) is 3.48. The second-order valence-electron chi connectivity index (χ2n) is 6.97. The standard InChI is InChI=1S/C22H17Cl2N3S/c23-14-10-15(24)12-16(11-14)25-21-20-17-7-4-8-18(17)28-22(20)27-19(26-21)9-13-5-2-1-3-6-13/h1-3,5-6,10-12H,4,7-9H2,(H,25,26,27). The van der Waals surface area contributed by atoms with E-state index in [0.717, 1.165) is 40.4 Å². The number of aryl methyl sites for hydroxylation is 2. The summed E-state index contributed by atoms with van der Waals surface area (Å²) in [6, 6.07) is 15.8. The molecule has 4 aromatic rings. The summed E-state index contributed by atoms with van der Waals surface area (Å²) in [5.74, 6) is 1.66. The molecule has 0 bridgehead atoms. The Bertz CT molecular complexity index is 1150. The zero-order valence-electron chi connectivity index (χ0n) is 15.0. The van der Waals surface area contributed by atoms with Crippen molar-refractivity contribution in [3.63, 3.8) is 0 Å². The van der Waals surface area contributed by atoms with E-state index >= 15 is 0 Å². The van der Waals surface area contributed by atoms with Crippen LogP contribution < -0.4 is 5.32 Å². The topological polar surface area (TPSA) is 37.8 Å². The number of halogens is 2. The summed E-state index contributed by atoms with van der Waals surface area (Å²) in [5, 5.41) is 5.80. The molecule has 1 aliphatic rings. The van der Waals surface area contributed by atoms with Gasteiger partial charge in [0.05, 0.1) is 5.39 Å². The Balaban J connectivity index is 1.62. The fourth-order valence-electron chi connectivity index (χ4n) is 3.75. The molecule has 6 heteroatoms. The minimum atomic E-state index is 0.598. The third-order valence-corrected chi connectivity index (χ3v) is 6.56. The summed E-state index contributed by atoms with van der Waals surface area (Å²) in [7, 11) is 0. The Morgan fingerprint density at radius 2 is 1.75 bits per heavy atom. The molecule has 2 aromatic carbocycles. The first-order chi connectivity index (χ1) is 13.7. The Labute approximate surface area is 177 Å². The van der Waals surface area contributed by atoms with Crippen LogP contribution in [-0.4, -0.2) is 9.97 Å². The highest BCUT2D eigenvalue weighted by molar-refractivity contribution is 7.19. The molecule has 0 fully saturated rings. The second-order valence-corrected chi connectivity index (χ2v) is 8.93. The van der Waals surface area contributed by atoms with Gasteiger partial charge in [0.25, 0.3) is 0 Å². The molecule has 0 radical (unpaired) electrons. The average molecular weight is 426 g/mol. The SMILES string of the molecule is Clc1cc(Cl)cc(Nc2nc(Cc3ccccc3)nc3sc4c(c23)CCC4)c1. The number of fused-ring (bicyclic) bond motifs is 3. The van der Waals surface area contributed by atoms with Crippen molar-refractivity contribution in [2.75, 3.05) is 5.32 Å². The zero-order chi connectivity index (χ0) is 19.1. The number of nitrogens with zero attached hydrogens (tertiary/aromatic N) is 2. The van der Waals surface area contributed by atoms with Gasteiger partial charge in [0.15, 0.2) is 0 Å². The van der Waals surface area contributed by atoms with Gasteiger partial charge in [-0.05, 0) is 48.6 Å². The van der Waals surface area contributed by atoms with Crippen LogP contribution in [0, 0.1) is 0 Å². The number of benzene rings is 2. The van der Waals surface area contributed by atoms with Crippen LogP contribution in [0.4, 0.5) is 11.5 Å². The highest BCUT2D eigenvalue weighted by atomic mass is 35.5. The number of nitrogens with one attached hydrogen (secondary N) is 1. The molecule has 1 N–H and O–H groups in total. The molecule has 0 spiro atoms. The van der Waals surface area contributed by atoms with Gasteiger partial charge in [0, 0.05) is 27.0 Å². The van der Waals surface area contributed by atoms with Crippen LogP contribution in [0.15, 0.2) is 48.5 Å². The number of thiophene rings is 1. The second kappa shape index (κ2) is 7.36. The first kappa shape index (κ1) is 17.9. The fraction of sp³-hybridized carbons (Fsp3) is 0.182. The van der Waals surface area contributed by atoms with E-state index in [1.54, 1.807) is 17.4 Å². The van der Waals surface area contributed by atoms with E-state index < -0.39 is 0 Å². The van der Waals surface area contributed by atoms with Gasteiger partial charge in [-0.2, -0.15) is 0 Å². The van der Waals surface area contributed by atoms with Crippen molar-refractivity contribution in [2.45, 2.75) is 25.7 Å². The first-order valence-electron chi connectivity index (χ1n) is 9.24. The van der Waals surface area contributed by atoms with E-state index in [1.165, 1.54) is 22.4 Å². The molecule has 28 heavy (non-hydrogen) atoms. The molecule has 140 valence electrons. The van der Waals surface area contributed by atoms with Crippen molar-refractivity contribution >= 4 is 56.3 Å². The number of hydrogen-bond acceptors (Lipinski definition) is 4.